The van der Waals surface area contributed by atoms with Crippen LogP contribution in [0, 0.1) is 22.7 Å². The summed E-state index contributed by atoms with van der Waals surface area (Å²) in [5.74, 6) is 1.63. The summed E-state index contributed by atoms with van der Waals surface area (Å²) in [6, 6.07) is 18.1. The van der Waals surface area contributed by atoms with Crippen LogP contribution in [0.3, 0.4) is 0 Å². The lowest BCUT2D eigenvalue weighted by Gasteiger charge is -2.32. The van der Waals surface area contributed by atoms with Gasteiger partial charge in [0.15, 0.2) is 17.3 Å². The highest BCUT2D eigenvalue weighted by atomic mass is 15.5. The normalized spacial score (nSPS) is 13.8. The van der Waals surface area contributed by atoms with Gasteiger partial charge < -0.3 is 11.1 Å². The number of pyridine rings is 1. The molecule has 1 saturated heterocycles. The number of imidazole rings is 1. The van der Waals surface area contributed by atoms with Crippen molar-refractivity contribution in [2.45, 2.75) is 32.0 Å². The Labute approximate surface area is 263 Å². The van der Waals surface area contributed by atoms with Crippen molar-refractivity contribution in [1.29, 1.82) is 10.5 Å². The van der Waals surface area contributed by atoms with Gasteiger partial charge in [-0.1, -0.05) is 12.1 Å². The zero-order valence-electron chi connectivity index (χ0n) is 24.6. The van der Waals surface area contributed by atoms with Crippen molar-refractivity contribution in [3.8, 4) is 40.7 Å². The maximum atomic E-state index is 9.07. The smallest absolute Gasteiger partial charge is 0.234 e. The number of benzene rings is 1. The molecule has 6 heterocycles. The van der Waals surface area contributed by atoms with Gasteiger partial charge in [0.1, 0.15) is 35.3 Å². The van der Waals surface area contributed by atoms with Crippen molar-refractivity contribution >= 4 is 22.8 Å². The lowest BCUT2D eigenvalue weighted by atomic mass is 10.0. The van der Waals surface area contributed by atoms with E-state index in [9.17, 15) is 0 Å². The van der Waals surface area contributed by atoms with Crippen LogP contribution in [-0.4, -0.2) is 73.5 Å². The zero-order valence-corrected chi connectivity index (χ0v) is 24.6. The number of aromatic nitrogens is 10. The first-order valence-corrected chi connectivity index (χ1v) is 14.6. The number of fused-ring (bicyclic) bond motifs is 1. The Balaban J connectivity index is 1.13. The Morgan fingerprint density at radius 2 is 1.72 bits per heavy atom. The quantitative estimate of drug-likeness (QED) is 0.255. The molecule has 0 bridgehead atoms. The van der Waals surface area contributed by atoms with E-state index in [1.165, 1.54) is 10.4 Å². The van der Waals surface area contributed by atoms with Crippen LogP contribution in [0.5, 0.6) is 0 Å². The zero-order chi connectivity index (χ0) is 31.5. The van der Waals surface area contributed by atoms with Gasteiger partial charge in [-0.3, -0.25) is 9.47 Å². The molecule has 0 atom stereocenters. The molecule has 1 aliphatic heterocycles. The minimum atomic E-state index is 0.0463. The van der Waals surface area contributed by atoms with Crippen LogP contribution in [0.1, 0.15) is 24.2 Å². The average Bonchev–Trinajstić information content (AvgIpc) is 3.71. The number of nitriles is 2. The molecule has 1 aromatic carbocycles. The topological polar surface area (TPSA) is 202 Å². The van der Waals surface area contributed by atoms with Gasteiger partial charge in [0.25, 0.3) is 0 Å². The largest absolute Gasteiger partial charge is 0.382 e. The molecule has 5 aromatic heterocycles. The van der Waals surface area contributed by atoms with Crippen LogP contribution in [0.25, 0.3) is 39.8 Å². The number of hydrogen-bond acceptors (Lipinski definition) is 13. The maximum absolute atomic E-state index is 9.07. The standard InChI is InChI=1S/C31H27N15/c32-10-16-45-38-18-25(43-45)23-5-6-24-30(40-23)46(31(41-24)28-29(34)37-13-12-36-28)22-3-1-20(2-4-22)19-44-14-8-21(9-15-44)39-26-7-11-35-27(17-33)42-26/h1-7,11-13,18,21H,8-9,14-16,19H2,(H2,34,37)(H,35,39,42). The summed E-state index contributed by atoms with van der Waals surface area (Å²) in [7, 11) is 0. The van der Waals surface area contributed by atoms with Crippen LogP contribution in [-0.2, 0) is 13.1 Å². The summed E-state index contributed by atoms with van der Waals surface area (Å²) < 4.78 is 1.92. The molecule has 3 N–H and O–H groups in total. The van der Waals surface area contributed by atoms with E-state index < -0.39 is 0 Å². The van der Waals surface area contributed by atoms with E-state index in [0.29, 0.717) is 39.9 Å². The lowest BCUT2D eigenvalue weighted by molar-refractivity contribution is 0.211. The number of hydrogen-bond donors (Lipinski definition) is 2. The maximum Gasteiger partial charge on any atom is 0.234 e. The highest BCUT2D eigenvalue weighted by Crippen LogP contribution is 2.30. The summed E-state index contributed by atoms with van der Waals surface area (Å²) in [6.45, 7) is 2.73. The highest BCUT2D eigenvalue weighted by Gasteiger charge is 2.22. The Morgan fingerprint density at radius 3 is 2.50 bits per heavy atom. The number of nitrogens with two attached hydrogens (primary N) is 1. The molecule has 1 fully saturated rings. The molecule has 15 heteroatoms. The molecule has 226 valence electrons. The number of anilines is 2. The first kappa shape index (κ1) is 28.5. The van der Waals surface area contributed by atoms with Crippen molar-refractivity contribution in [3.05, 3.63) is 78.6 Å². The first-order valence-electron chi connectivity index (χ1n) is 14.6. The van der Waals surface area contributed by atoms with E-state index in [1.54, 1.807) is 30.9 Å². The van der Waals surface area contributed by atoms with E-state index in [-0.39, 0.29) is 24.2 Å². The molecule has 0 saturated carbocycles. The second-order valence-electron chi connectivity index (χ2n) is 10.8. The third kappa shape index (κ3) is 5.78. The molecule has 0 amide bonds. The monoisotopic (exact) mass is 609 g/mol. The van der Waals surface area contributed by atoms with E-state index in [1.807, 2.05) is 41.0 Å². The molecule has 0 aliphatic carbocycles. The van der Waals surface area contributed by atoms with E-state index in [2.05, 4.69) is 52.5 Å². The predicted octanol–water partition coefficient (Wildman–Crippen LogP) is 2.98. The predicted molar refractivity (Wildman–Crippen MR) is 168 cm³/mol. The van der Waals surface area contributed by atoms with Crippen molar-refractivity contribution in [2.24, 2.45) is 0 Å². The molecule has 46 heavy (non-hydrogen) atoms. The van der Waals surface area contributed by atoms with Gasteiger partial charge >= 0.3 is 0 Å². The molecule has 7 rings (SSSR count). The molecule has 1 aliphatic rings. The fourth-order valence-corrected chi connectivity index (χ4v) is 5.52. The molecule has 6 aromatic rings. The van der Waals surface area contributed by atoms with Gasteiger partial charge in [-0.25, -0.2) is 29.9 Å². The molecule has 0 unspecified atom stereocenters. The lowest BCUT2D eigenvalue weighted by Crippen LogP contribution is -2.38. The van der Waals surface area contributed by atoms with Gasteiger partial charge in [0, 0.05) is 50.0 Å². The van der Waals surface area contributed by atoms with Crippen molar-refractivity contribution < 1.29 is 0 Å². The van der Waals surface area contributed by atoms with Crippen molar-refractivity contribution in [1.82, 2.24) is 54.4 Å². The minimum absolute atomic E-state index is 0.0463. The van der Waals surface area contributed by atoms with Crippen LogP contribution in [0.15, 0.2) is 67.3 Å². The number of nitrogens with one attached hydrogen (secondary N) is 1. The number of nitrogens with zero attached hydrogens (tertiary/aromatic N) is 13. The third-order valence-electron chi connectivity index (χ3n) is 7.75. The number of piperidine rings is 1. The summed E-state index contributed by atoms with van der Waals surface area (Å²) >= 11 is 0. The summed E-state index contributed by atoms with van der Waals surface area (Å²) in [5, 5.41) is 30.0. The van der Waals surface area contributed by atoms with E-state index >= 15 is 0 Å². The molecule has 0 spiro atoms. The highest BCUT2D eigenvalue weighted by molar-refractivity contribution is 5.83. The number of likely N-dealkylation sites (tertiary alicyclic amines) is 1. The fourth-order valence-electron chi connectivity index (χ4n) is 5.52. The van der Waals surface area contributed by atoms with Crippen LogP contribution < -0.4 is 11.1 Å². The molecular formula is C31H27N15. The molecular weight excluding hydrogens is 582 g/mol. The fraction of sp³-hybridized carbons (Fsp3) is 0.226. The second-order valence-corrected chi connectivity index (χ2v) is 10.8. The van der Waals surface area contributed by atoms with E-state index in [0.717, 1.165) is 38.2 Å². The van der Waals surface area contributed by atoms with E-state index in [4.69, 9.17) is 26.2 Å². The van der Waals surface area contributed by atoms with Gasteiger partial charge in [0.2, 0.25) is 5.82 Å². The van der Waals surface area contributed by atoms with Crippen LogP contribution in [0.4, 0.5) is 11.6 Å². The van der Waals surface area contributed by atoms with Gasteiger partial charge in [-0.2, -0.15) is 25.5 Å². The summed E-state index contributed by atoms with van der Waals surface area (Å²) in [6.07, 6.45) is 8.24. The van der Waals surface area contributed by atoms with Gasteiger partial charge in [-0.05, 0) is 48.7 Å². The third-order valence-corrected chi connectivity index (χ3v) is 7.75. The SMILES string of the molecule is N#CCn1ncc(-c2ccc3nc(-c4nccnc4N)n(-c4ccc(CN5CCC(Nc6ccnc(C#N)n6)CC5)cc4)c3n2)n1. The molecule has 0 radical (unpaired) electrons. The Hall–Kier alpha value is -6.32. The van der Waals surface area contributed by atoms with Crippen LogP contribution >= 0.6 is 0 Å². The minimum Gasteiger partial charge on any atom is -0.382 e. The Morgan fingerprint density at radius 1 is 0.891 bits per heavy atom. The summed E-state index contributed by atoms with van der Waals surface area (Å²) in [4.78, 5) is 30.4. The first-order chi connectivity index (χ1) is 22.6. The van der Waals surface area contributed by atoms with Gasteiger partial charge in [0.05, 0.1) is 18.0 Å². The van der Waals surface area contributed by atoms with Crippen molar-refractivity contribution in [2.75, 3.05) is 24.1 Å². The number of nitrogen functional groups attached to an aromatic ring is 1. The van der Waals surface area contributed by atoms with Gasteiger partial charge in [-0.15, -0.1) is 0 Å². The molecule has 15 nitrogen and oxygen atoms in total. The Kier molecular flexibility index (Phi) is 7.64. The Bertz CT molecular complexity index is 2090. The van der Waals surface area contributed by atoms with Crippen molar-refractivity contribution in [3.63, 3.8) is 0 Å². The second kappa shape index (κ2) is 12.4. The summed E-state index contributed by atoms with van der Waals surface area (Å²) in [5.41, 5.74) is 11.1. The number of rotatable bonds is 8. The van der Waals surface area contributed by atoms with Crippen LogP contribution in [0.2, 0.25) is 0 Å². The average molecular weight is 610 g/mol.